The van der Waals surface area contributed by atoms with E-state index in [1.807, 2.05) is 0 Å². The number of aliphatic imine (C=N–C) groups is 1. The van der Waals surface area contributed by atoms with Gasteiger partial charge < -0.3 is 25.4 Å². The van der Waals surface area contributed by atoms with Crippen LogP contribution < -0.4 is 5.32 Å². The molecule has 0 aromatic rings. The van der Waals surface area contributed by atoms with Crippen molar-refractivity contribution in [3.05, 3.63) is 0 Å². The molecule has 0 spiro atoms. The van der Waals surface area contributed by atoms with E-state index < -0.39 is 18.2 Å². The molecular formula is C9H16N2O4. The van der Waals surface area contributed by atoms with Gasteiger partial charge in [-0.2, -0.15) is 0 Å². The first kappa shape index (κ1) is 10.7. The highest BCUT2D eigenvalue weighted by atomic mass is 16.5. The number of nitrogens with zero attached hydrogens (tertiary/aromatic N) is 1. The predicted octanol–water partition coefficient (Wildman–Crippen LogP) is -1.94. The fraction of sp³-hybridized carbons (Fsp3) is 0.889. The zero-order valence-corrected chi connectivity index (χ0v) is 8.50. The van der Waals surface area contributed by atoms with Gasteiger partial charge in [-0.05, 0) is 6.42 Å². The molecule has 6 nitrogen and oxygen atoms in total. The van der Waals surface area contributed by atoms with Crippen LogP contribution in [0.3, 0.4) is 0 Å². The molecule has 4 N–H and O–H groups in total. The summed E-state index contributed by atoms with van der Waals surface area (Å²) >= 11 is 0. The summed E-state index contributed by atoms with van der Waals surface area (Å²) in [5.41, 5.74) is 0. The molecule has 2 rings (SSSR count). The average Bonchev–Trinajstić information content (AvgIpc) is 2.66. The highest BCUT2D eigenvalue weighted by molar-refractivity contribution is 5.75. The molecule has 2 aliphatic rings. The van der Waals surface area contributed by atoms with Gasteiger partial charge in [0.15, 0.2) is 0 Å². The monoisotopic (exact) mass is 216 g/mol. The van der Waals surface area contributed by atoms with Crippen molar-refractivity contribution >= 4 is 6.02 Å². The van der Waals surface area contributed by atoms with Gasteiger partial charge >= 0.3 is 0 Å². The first-order valence-electron chi connectivity index (χ1n) is 5.06. The van der Waals surface area contributed by atoms with Crippen molar-refractivity contribution in [1.82, 2.24) is 5.32 Å². The Balaban J connectivity index is 2.12. The quantitative estimate of drug-likeness (QED) is 0.409. The van der Waals surface area contributed by atoms with Gasteiger partial charge in [0, 0.05) is 19.6 Å². The number of aliphatic hydroxyl groups is 3. The summed E-state index contributed by atoms with van der Waals surface area (Å²) in [6.45, 7) is -0.153. The molecule has 1 saturated carbocycles. The zero-order chi connectivity index (χ0) is 11.0. The number of nitrogens with one attached hydrogen (secondary N) is 1. The summed E-state index contributed by atoms with van der Waals surface area (Å²) in [4.78, 5) is 4.12. The van der Waals surface area contributed by atoms with E-state index in [0.717, 1.165) is 0 Å². The van der Waals surface area contributed by atoms with Crippen molar-refractivity contribution in [3.63, 3.8) is 0 Å². The summed E-state index contributed by atoms with van der Waals surface area (Å²) in [5.74, 6) is -0.340. The number of amidine groups is 1. The van der Waals surface area contributed by atoms with Crippen LogP contribution in [-0.2, 0) is 4.74 Å². The van der Waals surface area contributed by atoms with Gasteiger partial charge in [-0.25, -0.2) is 4.99 Å². The zero-order valence-electron chi connectivity index (χ0n) is 8.50. The number of fused-ring (bicyclic) bond motifs is 1. The molecule has 0 aromatic carbocycles. The number of hydrogen-bond donors (Lipinski definition) is 4. The van der Waals surface area contributed by atoms with Crippen LogP contribution in [0.5, 0.6) is 0 Å². The second-order valence-electron chi connectivity index (χ2n) is 3.99. The predicted molar refractivity (Wildman–Crippen MR) is 52.4 cm³/mol. The minimum Gasteiger partial charge on any atom is -0.460 e. The van der Waals surface area contributed by atoms with Crippen molar-refractivity contribution in [2.75, 3.05) is 13.7 Å². The van der Waals surface area contributed by atoms with Gasteiger partial charge in [0.1, 0.15) is 18.2 Å². The highest BCUT2D eigenvalue weighted by Gasteiger charge is 2.47. The van der Waals surface area contributed by atoms with Gasteiger partial charge in [-0.15, -0.1) is 0 Å². The SMILES string of the molecule is CNC1=N[C@H]2[C@@H](O)[C@H](O)[C@@H](CO)C[C@H]2O1. The van der Waals surface area contributed by atoms with E-state index in [2.05, 4.69) is 10.3 Å². The van der Waals surface area contributed by atoms with E-state index in [4.69, 9.17) is 9.84 Å². The first-order chi connectivity index (χ1) is 7.17. The van der Waals surface area contributed by atoms with E-state index in [1.54, 1.807) is 7.05 Å². The third-order valence-electron chi connectivity index (χ3n) is 3.08. The van der Waals surface area contributed by atoms with Crippen molar-refractivity contribution in [1.29, 1.82) is 0 Å². The second kappa shape index (κ2) is 3.96. The van der Waals surface area contributed by atoms with E-state index >= 15 is 0 Å². The Hall–Kier alpha value is -0.850. The van der Waals surface area contributed by atoms with Crippen LogP contribution in [-0.4, -0.2) is 59.3 Å². The molecule has 1 aliphatic carbocycles. The molecule has 6 heteroatoms. The largest absolute Gasteiger partial charge is 0.460 e. The van der Waals surface area contributed by atoms with Gasteiger partial charge in [0.2, 0.25) is 0 Å². The summed E-state index contributed by atoms with van der Waals surface area (Å²) in [7, 11) is 1.68. The maximum absolute atomic E-state index is 9.79. The Morgan fingerprint density at radius 2 is 2.20 bits per heavy atom. The molecule has 0 unspecified atom stereocenters. The summed E-state index contributed by atoms with van der Waals surface area (Å²) in [6, 6.07) is -0.0416. The van der Waals surface area contributed by atoms with Crippen molar-refractivity contribution in [3.8, 4) is 0 Å². The molecule has 1 aliphatic heterocycles. The maximum atomic E-state index is 9.79. The van der Waals surface area contributed by atoms with E-state index in [9.17, 15) is 10.2 Å². The Labute approximate surface area is 87.6 Å². The van der Waals surface area contributed by atoms with Crippen LogP contribution in [0, 0.1) is 5.92 Å². The van der Waals surface area contributed by atoms with Crippen molar-refractivity contribution in [2.24, 2.45) is 10.9 Å². The lowest BCUT2D eigenvalue weighted by atomic mass is 9.80. The van der Waals surface area contributed by atoms with Crippen molar-refractivity contribution < 1.29 is 20.1 Å². The lowest BCUT2D eigenvalue weighted by Crippen LogP contribution is -2.52. The van der Waals surface area contributed by atoms with Gasteiger partial charge in [-0.3, -0.25) is 0 Å². The summed E-state index contributed by atoms with van der Waals surface area (Å²) < 4.78 is 5.42. The summed E-state index contributed by atoms with van der Waals surface area (Å²) in [6.07, 6.45) is -1.64. The lowest BCUT2D eigenvalue weighted by molar-refractivity contribution is -0.0948. The third-order valence-corrected chi connectivity index (χ3v) is 3.08. The van der Waals surface area contributed by atoms with E-state index in [1.165, 1.54) is 0 Å². The summed E-state index contributed by atoms with van der Waals surface area (Å²) in [5, 5.41) is 31.3. The fourth-order valence-electron chi connectivity index (χ4n) is 2.17. The highest BCUT2D eigenvalue weighted by Crippen LogP contribution is 2.32. The molecule has 5 atom stereocenters. The lowest BCUT2D eigenvalue weighted by Gasteiger charge is -2.36. The van der Waals surface area contributed by atoms with Crippen LogP contribution in [0.15, 0.2) is 4.99 Å². The molecule has 0 aromatic heterocycles. The van der Waals surface area contributed by atoms with Gasteiger partial charge in [-0.1, -0.05) is 0 Å². The molecule has 0 amide bonds. The Bertz CT molecular complexity index is 271. The second-order valence-corrected chi connectivity index (χ2v) is 3.99. The Morgan fingerprint density at radius 3 is 2.80 bits per heavy atom. The Morgan fingerprint density at radius 1 is 1.47 bits per heavy atom. The number of ether oxygens (including phenoxy) is 1. The molecule has 1 fully saturated rings. The van der Waals surface area contributed by atoms with Crippen LogP contribution in [0.4, 0.5) is 0 Å². The Kier molecular flexibility index (Phi) is 2.81. The van der Waals surface area contributed by atoms with Gasteiger partial charge in [0.05, 0.1) is 6.10 Å². The molecule has 0 bridgehead atoms. The number of aliphatic hydroxyl groups excluding tert-OH is 3. The van der Waals surface area contributed by atoms with Crippen molar-refractivity contribution in [2.45, 2.75) is 30.8 Å². The maximum Gasteiger partial charge on any atom is 0.285 e. The average molecular weight is 216 g/mol. The van der Waals surface area contributed by atoms with Crippen LogP contribution in [0.1, 0.15) is 6.42 Å². The topological polar surface area (TPSA) is 94.3 Å². The smallest absolute Gasteiger partial charge is 0.285 e. The molecule has 15 heavy (non-hydrogen) atoms. The van der Waals surface area contributed by atoms with Crippen LogP contribution in [0.2, 0.25) is 0 Å². The fourth-order valence-corrected chi connectivity index (χ4v) is 2.17. The van der Waals surface area contributed by atoms with E-state index in [-0.39, 0.29) is 18.6 Å². The molecule has 0 saturated heterocycles. The minimum absolute atomic E-state index is 0.153. The molecule has 86 valence electrons. The first-order valence-corrected chi connectivity index (χ1v) is 5.06. The standard InChI is InChI=1S/C9H16N2O4/c1-10-9-11-6-5(15-9)2-4(3-12)7(13)8(6)14/h4-8,12-14H,2-3H2,1H3,(H,10,11)/t4-,5-,6-,7-,8-/m1/s1. The molecule has 1 heterocycles. The molecule has 0 radical (unpaired) electrons. The number of hydrogen-bond acceptors (Lipinski definition) is 6. The normalized spacial score (nSPS) is 44.3. The number of rotatable bonds is 1. The molecular weight excluding hydrogens is 200 g/mol. The minimum atomic E-state index is -0.966. The van der Waals surface area contributed by atoms with Crippen LogP contribution in [0.25, 0.3) is 0 Å². The van der Waals surface area contributed by atoms with Crippen LogP contribution >= 0.6 is 0 Å². The van der Waals surface area contributed by atoms with Gasteiger partial charge in [0.25, 0.3) is 6.02 Å². The van der Waals surface area contributed by atoms with E-state index in [0.29, 0.717) is 12.4 Å². The third kappa shape index (κ3) is 1.68.